The fraction of sp³-hybridized carbons (Fsp3) is 0.846. The number of hydrogen-bond donors (Lipinski definition) is 4. The molecule has 5 N–H and O–H groups in total. The van der Waals surface area contributed by atoms with Gasteiger partial charge in [0.1, 0.15) is 25.0 Å². The number of nitrogens with zero attached hydrogens (tertiary/aromatic N) is 1. The zero-order valence-corrected chi connectivity index (χ0v) is 20.9. The van der Waals surface area contributed by atoms with Crippen LogP contribution in [0.15, 0.2) is 23.3 Å². The van der Waals surface area contributed by atoms with E-state index in [0.717, 1.165) is 31.7 Å². The second kappa shape index (κ2) is 8.90. The monoisotopic (exact) mass is 430 g/mol. The Labute approximate surface area is 190 Å². The predicted octanol–water partition coefficient (Wildman–Crippen LogP) is 2.43. The molecule has 7 unspecified atom stereocenters. The van der Waals surface area contributed by atoms with E-state index in [4.69, 9.17) is 5.73 Å². The average Bonchev–Trinajstić information content (AvgIpc) is 3.05. The van der Waals surface area contributed by atoms with E-state index in [1.165, 1.54) is 38.5 Å². The molecule has 3 fully saturated rings. The maximum absolute atomic E-state index is 6.43. The van der Waals surface area contributed by atoms with E-state index < -0.39 is 0 Å². The van der Waals surface area contributed by atoms with E-state index in [0.29, 0.717) is 23.0 Å². The molecule has 2 aliphatic heterocycles. The van der Waals surface area contributed by atoms with E-state index in [-0.39, 0.29) is 6.17 Å². The van der Waals surface area contributed by atoms with Crippen LogP contribution in [-0.4, -0.2) is 50.2 Å². The van der Waals surface area contributed by atoms with E-state index in [2.05, 4.69) is 69.4 Å². The topological polar surface area (TPSA) is 57.8 Å². The number of hydrogen-bond acceptors (Lipinski definition) is 4. The Kier molecular flexibility index (Phi) is 6.73. The van der Waals surface area contributed by atoms with Crippen LogP contribution in [0, 0.1) is 22.7 Å². The van der Waals surface area contributed by atoms with E-state index >= 15 is 0 Å². The Balaban J connectivity index is 1.40. The second-order valence-electron chi connectivity index (χ2n) is 12.0. The fourth-order valence-corrected chi connectivity index (χ4v) is 7.15. The number of likely N-dealkylation sites (N-methyl/N-ethyl adjacent to an activating group) is 1. The molecule has 7 atom stereocenters. The van der Waals surface area contributed by atoms with Gasteiger partial charge in [0, 0.05) is 6.67 Å². The molecule has 0 amide bonds. The van der Waals surface area contributed by atoms with Crippen molar-refractivity contribution in [2.45, 2.75) is 91.5 Å². The highest BCUT2D eigenvalue weighted by Gasteiger charge is 2.48. The summed E-state index contributed by atoms with van der Waals surface area (Å²) in [7, 11) is 2.22. The second-order valence-corrected chi connectivity index (χ2v) is 12.0. The van der Waals surface area contributed by atoms with Crippen molar-refractivity contribution in [1.29, 1.82) is 0 Å². The van der Waals surface area contributed by atoms with Gasteiger partial charge in [-0.25, -0.2) is 4.90 Å². The average molecular weight is 431 g/mol. The van der Waals surface area contributed by atoms with Crippen molar-refractivity contribution < 1.29 is 4.90 Å². The Hall–Kier alpha value is -0.720. The predicted molar refractivity (Wildman–Crippen MR) is 129 cm³/mol. The van der Waals surface area contributed by atoms with Crippen molar-refractivity contribution in [2.24, 2.45) is 28.4 Å². The molecule has 0 radical (unpaired) electrons. The van der Waals surface area contributed by atoms with Crippen molar-refractivity contribution in [2.75, 3.05) is 26.9 Å². The quantitative estimate of drug-likeness (QED) is 0.506. The largest absolute Gasteiger partial charge is 0.312 e. The summed E-state index contributed by atoms with van der Waals surface area (Å²) in [6, 6.07) is 0.411. The third kappa shape index (κ3) is 4.41. The normalized spacial score (nSPS) is 43.3. The smallest absolute Gasteiger partial charge is 0.147 e. The van der Waals surface area contributed by atoms with Crippen LogP contribution < -0.4 is 21.3 Å². The summed E-state index contributed by atoms with van der Waals surface area (Å²) in [5, 5.41) is 6.97. The summed E-state index contributed by atoms with van der Waals surface area (Å²) in [6.45, 7) is 15.4. The number of nitrogens with two attached hydrogens (primary N) is 1. The van der Waals surface area contributed by atoms with Gasteiger partial charge in [0.2, 0.25) is 0 Å². The summed E-state index contributed by atoms with van der Waals surface area (Å²) in [5.41, 5.74) is 10.6. The van der Waals surface area contributed by atoms with Crippen LogP contribution in [0.5, 0.6) is 0 Å². The molecule has 1 saturated carbocycles. The zero-order chi connectivity index (χ0) is 22.4. The molecule has 0 aromatic carbocycles. The maximum atomic E-state index is 6.43. The molecule has 0 bridgehead atoms. The maximum Gasteiger partial charge on any atom is 0.147 e. The lowest BCUT2D eigenvalue weighted by Crippen LogP contribution is -3.17. The van der Waals surface area contributed by atoms with Crippen LogP contribution in [0.2, 0.25) is 0 Å². The van der Waals surface area contributed by atoms with Gasteiger partial charge in [0.05, 0.1) is 6.54 Å². The highest BCUT2D eigenvalue weighted by molar-refractivity contribution is 5.26. The van der Waals surface area contributed by atoms with Crippen molar-refractivity contribution >= 4 is 0 Å². The molecule has 0 spiro atoms. The molecule has 0 aromatic heterocycles. The molecule has 2 heterocycles. The molecule has 176 valence electrons. The van der Waals surface area contributed by atoms with Gasteiger partial charge in [-0.2, -0.15) is 0 Å². The van der Waals surface area contributed by atoms with E-state index in [1.54, 1.807) is 16.0 Å². The van der Waals surface area contributed by atoms with Crippen molar-refractivity contribution in [3.05, 3.63) is 23.3 Å². The minimum atomic E-state index is 0.0698. The molecule has 0 aromatic rings. The number of rotatable bonds is 5. The summed E-state index contributed by atoms with van der Waals surface area (Å²) >= 11 is 0. The minimum Gasteiger partial charge on any atom is -0.312 e. The van der Waals surface area contributed by atoms with Gasteiger partial charge in [-0.3, -0.25) is 10.6 Å². The van der Waals surface area contributed by atoms with Gasteiger partial charge in [-0.15, -0.1) is 0 Å². The Morgan fingerprint density at radius 1 is 1.29 bits per heavy atom. The molecule has 4 aliphatic rings. The van der Waals surface area contributed by atoms with Gasteiger partial charge in [-0.1, -0.05) is 44.9 Å². The molecular weight excluding hydrogens is 382 g/mol. The highest BCUT2D eigenvalue weighted by atomic mass is 15.5. The molecule has 4 rings (SSSR count). The van der Waals surface area contributed by atoms with Gasteiger partial charge in [0.25, 0.3) is 0 Å². The van der Waals surface area contributed by atoms with Crippen molar-refractivity contribution in [1.82, 2.24) is 15.5 Å². The first-order valence-corrected chi connectivity index (χ1v) is 12.8. The minimum absolute atomic E-state index is 0.0698. The first-order valence-electron chi connectivity index (χ1n) is 12.8. The highest BCUT2D eigenvalue weighted by Crippen LogP contribution is 2.58. The molecule has 31 heavy (non-hydrogen) atoms. The standard InChI is InChI=1S/C26H47N5/c1-18(12-15-31-17-30(6)24-22(31)23(27)28-16-29-24)11-14-26(5)19(2)9-10-20-21(26)8-7-13-25(20,3)4/h8,12,19-20,22-24,28-29H,7,9-11,13-17,27H2,1-6H3/p+1. The SMILES string of the molecule is CC(=CC[NH+]1CN(C)C2NCNC(N)C21)CCC1(C)C2=CCCC(C)(C)C2CCC1C. The number of fused-ring (bicyclic) bond motifs is 2. The summed E-state index contributed by atoms with van der Waals surface area (Å²) in [5.74, 6) is 1.58. The molecular formula is C26H48N5+. The van der Waals surface area contributed by atoms with Gasteiger partial charge in [-0.05, 0) is 81.2 Å². The lowest BCUT2D eigenvalue weighted by Gasteiger charge is -2.53. The van der Waals surface area contributed by atoms with Crippen LogP contribution in [0.25, 0.3) is 0 Å². The molecule has 2 aliphatic carbocycles. The van der Waals surface area contributed by atoms with Gasteiger partial charge >= 0.3 is 0 Å². The van der Waals surface area contributed by atoms with Crippen molar-refractivity contribution in [3.63, 3.8) is 0 Å². The van der Waals surface area contributed by atoms with Crippen LogP contribution in [0.1, 0.15) is 73.1 Å². The van der Waals surface area contributed by atoms with E-state index in [9.17, 15) is 0 Å². The van der Waals surface area contributed by atoms with Crippen LogP contribution >= 0.6 is 0 Å². The van der Waals surface area contributed by atoms with Crippen molar-refractivity contribution in [3.8, 4) is 0 Å². The molecule has 5 heteroatoms. The Morgan fingerprint density at radius 3 is 2.84 bits per heavy atom. The first kappa shape index (κ1) is 23.4. The Bertz CT molecular complexity index is 713. The molecule has 5 nitrogen and oxygen atoms in total. The fourth-order valence-electron chi connectivity index (χ4n) is 7.15. The van der Waals surface area contributed by atoms with Crippen LogP contribution in [-0.2, 0) is 0 Å². The lowest BCUT2D eigenvalue weighted by molar-refractivity contribution is -0.913. The number of allylic oxidation sites excluding steroid dienone is 3. The van der Waals surface area contributed by atoms with Gasteiger partial charge in [0.15, 0.2) is 0 Å². The zero-order valence-electron chi connectivity index (χ0n) is 20.9. The summed E-state index contributed by atoms with van der Waals surface area (Å²) in [6.07, 6.45) is 13.5. The van der Waals surface area contributed by atoms with Gasteiger partial charge < -0.3 is 10.6 Å². The van der Waals surface area contributed by atoms with Crippen LogP contribution in [0.3, 0.4) is 0 Å². The third-order valence-corrected chi connectivity index (χ3v) is 9.63. The van der Waals surface area contributed by atoms with Crippen LogP contribution in [0.4, 0.5) is 0 Å². The van der Waals surface area contributed by atoms with E-state index in [1.807, 2.05) is 0 Å². The Morgan fingerprint density at radius 2 is 2.06 bits per heavy atom. The molecule has 2 saturated heterocycles. The third-order valence-electron chi connectivity index (χ3n) is 9.63. The summed E-state index contributed by atoms with van der Waals surface area (Å²) in [4.78, 5) is 4.00. The first-order chi connectivity index (χ1) is 14.6. The summed E-state index contributed by atoms with van der Waals surface area (Å²) < 4.78 is 0. The lowest BCUT2D eigenvalue weighted by atomic mass is 9.52. The number of quaternary nitrogens is 1. The number of nitrogens with one attached hydrogen (secondary N) is 3.